The molecule has 1 heterocycles. The molecule has 116 valence electrons. The van der Waals surface area contributed by atoms with E-state index in [9.17, 15) is 9.90 Å². The van der Waals surface area contributed by atoms with Crippen LogP contribution in [-0.2, 0) is 11.2 Å². The number of H-pyrrole nitrogens is 1. The Morgan fingerprint density at radius 2 is 2.05 bits per heavy atom. The van der Waals surface area contributed by atoms with Crippen LogP contribution >= 0.6 is 11.6 Å². The number of nitrogens with zero attached hydrogens (tertiary/aromatic N) is 1. The molecule has 22 heavy (non-hydrogen) atoms. The van der Waals surface area contributed by atoms with Gasteiger partial charge in [0.1, 0.15) is 5.78 Å². The Morgan fingerprint density at radius 1 is 1.41 bits per heavy atom. The number of carbonyl (C=O) groups excluding carboxylic acids is 1. The maximum absolute atomic E-state index is 12.3. The number of carbonyl (C=O) groups is 1. The molecule has 5 heteroatoms. The number of aromatic amines is 1. The fourth-order valence-corrected chi connectivity index (χ4v) is 3.84. The Bertz CT molecular complexity index is 719. The molecule has 3 rings (SSSR count). The van der Waals surface area contributed by atoms with Gasteiger partial charge in [-0.2, -0.15) is 5.10 Å². The van der Waals surface area contributed by atoms with Crippen LogP contribution in [-0.4, -0.2) is 26.7 Å². The zero-order chi connectivity index (χ0) is 16.1. The van der Waals surface area contributed by atoms with Gasteiger partial charge in [-0.25, -0.2) is 0 Å². The third kappa shape index (κ3) is 2.36. The van der Waals surface area contributed by atoms with Crippen LogP contribution in [0.25, 0.3) is 0 Å². The Hall–Kier alpha value is -1.65. The van der Waals surface area contributed by atoms with Gasteiger partial charge in [-0.1, -0.05) is 23.7 Å². The average molecular weight is 319 g/mol. The molecule has 1 aliphatic carbocycles. The summed E-state index contributed by atoms with van der Waals surface area (Å²) in [7, 11) is 0. The van der Waals surface area contributed by atoms with Crippen LogP contribution in [0.3, 0.4) is 0 Å². The maximum Gasteiger partial charge on any atom is 0.136 e. The zero-order valence-corrected chi connectivity index (χ0v) is 13.6. The summed E-state index contributed by atoms with van der Waals surface area (Å²) in [6, 6.07) is 7.46. The molecule has 4 nitrogen and oxygen atoms in total. The second kappa shape index (κ2) is 5.21. The Balaban J connectivity index is 2.23. The van der Waals surface area contributed by atoms with Crippen LogP contribution < -0.4 is 0 Å². The highest BCUT2D eigenvalue weighted by Crippen LogP contribution is 2.46. The number of halogens is 1. The molecule has 2 N–H and O–H groups in total. The lowest BCUT2D eigenvalue weighted by molar-refractivity contribution is -0.130. The van der Waals surface area contributed by atoms with Crippen molar-refractivity contribution in [3.05, 3.63) is 51.8 Å². The van der Waals surface area contributed by atoms with Gasteiger partial charge in [-0.05, 0) is 38.5 Å². The van der Waals surface area contributed by atoms with Crippen molar-refractivity contribution >= 4 is 17.4 Å². The first kappa shape index (κ1) is 15.3. The van der Waals surface area contributed by atoms with Crippen LogP contribution in [0, 0.1) is 12.8 Å². The fourth-order valence-electron chi connectivity index (χ4n) is 3.71. The number of nitrogens with one attached hydrogen (secondary N) is 1. The van der Waals surface area contributed by atoms with Gasteiger partial charge in [0.25, 0.3) is 0 Å². The largest absolute Gasteiger partial charge is 0.389 e. The van der Waals surface area contributed by atoms with E-state index in [1.165, 1.54) is 0 Å². The second-order valence-electron chi connectivity index (χ2n) is 6.36. The molecule has 2 unspecified atom stereocenters. The minimum Gasteiger partial charge on any atom is -0.389 e. The number of aryl methyl sites for hydroxylation is 1. The Kier molecular flexibility index (Phi) is 3.62. The van der Waals surface area contributed by atoms with E-state index in [0.717, 1.165) is 22.5 Å². The quantitative estimate of drug-likeness (QED) is 0.894. The molecule has 0 spiro atoms. The van der Waals surface area contributed by atoms with Gasteiger partial charge in [-0.15, -0.1) is 0 Å². The highest BCUT2D eigenvalue weighted by molar-refractivity contribution is 6.30. The number of Topliss-reactive ketones (excluding diaryl/α,β-unsaturated/α-hetero) is 1. The van der Waals surface area contributed by atoms with E-state index >= 15 is 0 Å². The summed E-state index contributed by atoms with van der Waals surface area (Å²) < 4.78 is 0. The van der Waals surface area contributed by atoms with Crippen molar-refractivity contribution in [3.8, 4) is 0 Å². The van der Waals surface area contributed by atoms with Crippen molar-refractivity contribution in [1.29, 1.82) is 0 Å². The lowest BCUT2D eigenvalue weighted by atomic mass is 9.64. The summed E-state index contributed by atoms with van der Waals surface area (Å²) in [6.07, 6.45) is 0.376. The Morgan fingerprint density at radius 3 is 2.64 bits per heavy atom. The van der Waals surface area contributed by atoms with E-state index in [4.69, 9.17) is 11.6 Å². The van der Waals surface area contributed by atoms with Crippen molar-refractivity contribution < 1.29 is 9.90 Å². The molecule has 0 radical (unpaired) electrons. The monoisotopic (exact) mass is 318 g/mol. The molecule has 1 aromatic heterocycles. The predicted molar refractivity (Wildman–Crippen MR) is 85.1 cm³/mol. The van der Waals surface area contributed by atoms with Crippen molar-refractivity contribution in [2.24, 2.45) is 5.92 Å². The lowest BCUT2D eigenvalue weighted by Crippen LogP contribution is -2.48. The molecular weight excluding hydrogens is 300 g/mol. The van der Waals surface area contributed by atoms with Gasteiger partial charge < -0.3 is 5.11 Å². The summed E-state index contributed by atoms with van der Waals surface area (Å²) >= 11 is 5.98. The molecule has 0 bridgehead atoms. The van der Waals surface area contributed by atoms with Crippen molar-refractivity contribution in [3.63, 3.8) is 0 Å². The van der Waals surface area contributed by atoms with Crippen LogP contribution in [0.1, 0.15) is 42.3 Å². The number of ketones is 1. The van der Waals surface area contributed by atoms with E-state index in [1.807, 2.05) is 31.2 Å². The number of fused-ring (bicyclic) bond motifs is 1. The molecule has 0 saturated heterocycles. The molecule has 3 atom stereocenters. The minimum atomic E-state index is -1.12. The summed E-state index contributed by atoms with van der Waals surface area (Å²) in [6.45, 7) is 5.21. The normalized spacial score (nSPS) is 27.5. The highest BCUT2D eigenvalue weighted by atomic mass is 35.5. The van der Waals surface area contributed by atoms with Gasteiger partial charge in [0, 0.05) is 28.6 Å². The number of hydrogen-bond donors (Lipinski definition) is 2. The van der Waals surface area contributed by atoms with Crippen LogP contribution in [0.5, 0.6) is 0 Å². The van der Waals surface area contributed by atoms with Crippen LogP contribution in [0.2, 0.25) is 5.02 Å². The first-order chi connectivity index (χ1) is 10.3. The summed E-state index contributed by atoms with van der Waals surface area (Å²) in [5, 5.41) is 18.8. The van der Waals surface area contributed by atoms with Gasteiger partial charge in [0.15, 0.2) is 0 Å². The van der Waals surface area contributed by atoms with Crippen LogP contribution in [0.15, 0.2) is 24.3 Å². The van der Waals surface area contributed by atoms with Gasteiger partial charge in [-0.3, -0.25) is 9.89 Å². The zero-order valence-electron chi connectivity index (χ0n) is 12.9. The third-order valence-electron chi connectivity index (χ3n) is 4.58. The van der Waals surface area contributed by atoms with Gasteiger partial charge >= 0.3 is 0 Å². The molecule has 1 aliphatic rings. The molecule has 0 saturated carbocycles. The fraction of sp³-hybridized carbons (Fsp3) is 0.412. The van der Waals surface area contributed by atoms with Gasteiger partial charge in [0.05, 0.1) is 17.2 Å². The summed E-state index contributed by atoms with van der Waals surface area (Å²) in [4.78, 5) is 12.3. The molecule has 0 amide bonds. The third-order valence-corrected chi connectivity index (χ3v) is 4.83. The number of hydrogen-bond acceptors (Lipinski definition) is 3. The molecule has 2 aromatic rings. The summed E-state index contributed by atoms with van der Waals surface area (Å²) in [5.41, 5.74) is 2.64. The first-order valence-electron chi connectivity index (χ1n) is 7.33. The average Bonchev–Trinajstić information content (AvgIpc) is 2.77. The lowest BCUT2D eigenvalue weighted by Gasteiger charge is -2.41. The van der Waals surface area contributed by atoms with E-state index in [0.29, 0.717) is 11.4 Å². The molecular formula is C17H19ClN2O2. The number of rotatable bonds is 2. The number of benzene rings is 1. The predicted octanol–water partition coefficient (Wildman–Crippen LogP) is 3.02. The summed E-state index contributed by atoms with van der Waals surface area (Å²) in [5.74, 6) is -0.735. The van der Waals surface area contributed by atoms with E-state index in [2.05, 4.69) is 10.2 Å². The minimum absolute atomic E-state index is 0.0174. The Labute approximate surface area is 134 Å². The van der Waals surface area contributed by atoms with Crippen LogP contribution in [0.4, 0.5) is 0 Å². The molecule has 1 aromatic carbocycles. The SMILES string of the molecule is CC(=O)C1C(c2ccc(Cl)cc2)c2c(n[nH]c2C)C[C@]1(C)O. The number of aliphatic hydroxyl groups is 1. The molecule has 0 fully saturated rings. The van der Waals surface area contributed by atoms with E-state index in [1.54, 1.807) is 13.8 Å². The smallest absolute Gasteiger partial charge is 0.136 e. The van der Waals surface area contributed by atoms with Crippen molar-refractivity contribution in [1.82, 2.24) is 10.2 Å². The second-order valence-corrected chi connectivity index (χ2v) is 6.80. The van der Waals surface area contributed by atoms with Gasteiger partial charge in [0.2, 0.25) is 0 Å². The van der Waals surface area contributed by atoms with E-state index in [-0.39, 0.29) is 11.7 Å². The van der Waals surface area contributed by atoms with Crippen molar-refractivity contribution in [2.45, 2.75) is 38.7 Å². The maximum atomic E-state index is 12.3. The van der Waals surface area contributed by atoms with Crippen molar-refractivity contribution in [2.75, 3.05) is 0 Å². The topological polar surface area (TPSA) is 66.0 Å². The highest BCUT2D eigenvalue weighted by Gasteiger charge is 2.48. The molecule has 0 aliphatic heterocycles. The van der Waals surface area contributed by atoms with E-state index < -0.39 is 11.5 Å². The standard InChI is InChI=1S/C17H19ClN2O2/c1-9-14-13(20-19-9)8-17(3,22)16(10(2)21)15(14)11-4-6-12(18)7-5-11/h4-7,15-16,22H,8H2,1-3H3,(H,19,20)/t15?,16?,17-/m0/s1. The number of aromatic nitrogens is 2. The first-order valence-corrected chi connectivity index (χ1v) is 7.71.